The summed E-state index contributed by atoms with van der Waals surface area (Å²) in [5.41, 5.74) is 0.161. The van der Waals surface area contributed by atoms with E-state index in [1.807, 2.05) is 0 Å². The second kappa shape index (κ2) is 6.65. The zero-order valence-electron chi connectivity index (χ0n) is 10.6. The topological polar surface area (TPSA) is 66.4 Å². The molecule has 4 nitrogen and oxygen atoms in total. The highest BCUT2D eigenvalue weighted by Gasteiger charge is 2.22. The minimum atomic E-state index is -0.961. The van der Waals surface area contributed by atoms with E-state index in [2.05, 4.69) is 21.2 Å². The Labute approximate surface area is 119 Å². The summed E-state index contributed by atoms with van der Waals surface area (Å²) in [6.45, 7) is 3.55. The van der Waals surface area contributed by atoms with Crippen LogP contribution in [-0.4, -0.2) is 23.5 Å². The molecule has 0 aliphatic rings. The summed E-state index contributed by atoms with van der Waals surface area (Å²) in [7, 11) is 0. The Morgan fingerprint density at radius 1 is 1.42 bits per heavy atom. The third kappa shape index (κ3) is 4.31. The molecule has 0 aromatic heterocycles. The van der Waals surface area contributed by atoms with E-state index in [4.69, 9.17) is 5.11 Å². The van der Waals surface area contributed by atoms with Crippen LogP contribution in [0.1, 0.15) is 24.2 Å². The third-order valence-electron chi connectivity index (χ3n) is 2.79. The molecule has 0 fully saturated rings. The fraction of sp³-hybridized carbons (Fsp3) is 0.385. The molecule has 19 heavy (non-hydrogen) atoms. The lowest BCUT2D eigenvalue weighted by Crippen LogP contribution is -2.35. The van der Waals surface area contributed by atoms with Gasteiger partial charge in [-0.25, -0.2) is 4.39 Å². The van der Waals surface area contributed by atoms with Gasteiger partial charge in [-0.1, -0.05) is 13.8 Å². The fourth-order valence-corrected chi connectivity index (χ4v) is 1.80. The molecular formula is C13H15BrFNO3. The SMILES string of the molecule is CC(C)C(CNC(=O)c1ccc(Br)c(F)c1)C(=O)O. The highest BCUT2D eigenvalue weighted by atomic mass is 79.9. The average Bonchev–Trinajstić information content (AvgIpc) is 2.31. The highest BCUT2D eigenvalue weighted by Crippen LogP contribution is 2.16. The van der Waals surface area contributed by atoms with Gasteiger partial charge in [0.2, 0.25) is 0 Å². The minimum absolute atomic E-state index is 0.0174. The fourth-order valence-electron chi connectivity index (χ4n) is 1.55. The normalized spacial score (nSPS) is 12.3. The largest absolute Gasteiger partial charge is 0.481 e. The van der Waals surface area contributed by atoms with Crippen molar-refractivity contribution in [2.24, 2.45) is 11.8 Å². The quantitative estimate of drug-likeness (QED) is 0.871. The van der Waals surface area contributed by atoms with E-state index in [-0.39, 0.29) is 22.5 Å². The molecule has 1 aromatic carbocycles. The molecule has 0 aliphatic heterocycles. The zero-order chi connectivity index (χ0) is 14.6. The molecule has 6 heteroatoms. The van der Waals surface area contributed by atoms with Crippen molar-refractivity contribution in [3.8, 4) is 0 Å². The van der Waals surface area contributed by atoms with Gasteiger partial charge in [0.05, 0.1) is 10.4 Å². The highest BCUT2D eigenvalue weighted by molar-refractivity contribution is 9.10. The molecule has 0 saturated carbocycles. The van der Waals surface area contributed by atoms with Gasteiger partial charge in [-0.05, 0) is 40.0 Å². The van der Waals surface area contributed by atoms with Gasteiger partial charge in [0.15, 0.2) is 0 Å². The monoisotopic (exact) mass is 331 g/mol. The third-order valence-corrected chi connectivity index (χ3v) is 3.43. The van der Waals surface area contributed by atoms with Crippen LogP contribution in [0.5, 0.6) is 0 Å². The first kappa shape index (κ1) is 15.6. The van der Waals surface area contributed by atoms with E-state index >= 15 is 0 Å². The van der Waals surface area contributed by atoms with Crippen LogP contribution in [0.25, 0.3) is 0 Å². The Hall–Kier alpha value is -1.43. The summed E-state index contributed by atoms with van der Waals surface area (Å²) < 4.78 is 13.5. The van der Waals surface area contributed by atoms with E-state index < -0.39 is 23.6 Å². The number of carboxylic acids is 1. The van der Waals surface area contributed by atoms with Gasteiger partial charge in [0.25, 0.3) is 5.91 Å². The van der Waals surface area contributed by atoms with Gasteiger partial charge in [-0.3, -0.25) is 9.59 Å². The first-order valence-electron chi connectivity index (χ1n) is 5.79. The molecule has 0 radical (unpaired) electrons. The van der Waals surface area contributed by atoms with Crippen LogP contribution in [0.4, 0.5) is 4.39 Å². The van der Waals surface area contributed by atoms with Gasteiger partial charge in [-0.15, -0.1) is 0 Å². The number of halogens is 2. The molecule has 0 spiro atoms. The van der Waals surface area contributed by atoms with Crippen molar-refractivity contribution < 1.29 is 19.1 Å². The first-order chi connectivity index (χ1) is 8.82. The molecular weight excluding hydrogens is 317 g/mol. The Kier molecular flexibility index (Phi) is 5.47. The molecule has 1 aromatic rings. The summed E-state index contributed by atoms with van der Waals surface area (Å²) in [5.74, 6) is -2.74. The van der Waals surface area contributed by atoms with Crippen molar-refractivity contribution in [2.45, 2.75) is 13.8 Å². The summed E-state index contributed by atoms with van der Waals surface area (Å²) in [6.07, 6.45) is 0. The number of carboxylic acid groups (broad SMARTS) is 1. The summed E-state index contributed by atoms with van der Waals surface area (Å²) in [5, 5.41) is 11.5. The predicted octanol–water partition coefficient (Wildman–Crippen LogP) is 2.67. The Bertz CT molecular complexity index is 491. The molecule has 1 unspecified atom stereocenters. The van der Waals surface area contributed by atoms with Crippen molar-refractivity contribution in [3.05, 3.63) is 34.1 Å². The number of carbonyl (C=O) groups excluding carboxylic acids is 1. The van der Waals surface area contributed by atoms with Crippen molar-refractivity contribution in [1.29, 1.82) is 0 Å². The van der Waals surface area contributed by atoms with Crippen molar-refractivity contribution in [2.75, 3.05) is 6.54 Å². The number of hydrogen-bond acceptors (Lipinski definition) is 2. The molecule has 1 atom stereocenters. The zero-order valence-corrected chi connectivity index (χ0v) is 12.2. The van der Waals surface area contributed by atoms with Gasteiger partial charge in [-0.2, -0.15) is 0 Å². The number of amides is 1. The maximum absolute atomic E-state index is 13.3. The summed E-state index contributed by atoms with van der Waals surface area (Å²) >= 11 is 2.99. The van der Waals surface area contributed by atoms with Crippen molar-refractivity contribution in [3.63, 3.8) is 0 Å². The van der Waals surface area contributed by atoms with Crippen LogP contribution < -0.4 is 5.32 Å². The standard InChI is InChI=1S/C13H15BrFNO3/c1-7(2)9(13(18)19)6-16-12(17)8-3-4-10(14)11(15)5-8/h3-5,7,9H,6H2,1-2H3,(H,16,17)(H,18,19). The number of carbonyl (C=O) groups is 2. The molecule has 0 aliphatic carbocycles. The molecule has 0 bridgehead atoms. The maximum atomic E-state index is 13.3. The van der Waals surface area contributed by atoms with E-state index in [0.717, 1.165) is 6.07 Å². The van der Waals surface area contributed by atoms with E-state index in [1.165, 1.54) is 12.1 Å². The van der Waals surface area contributed by atoms with Gasteiger partial charge >= 0.3 is 5.97 Å². The molecule has 1 rings (SSSR count). The van der Waals surface area contributed by atoms with Crippen LogP contribution in [0.15, 0.2) is 22.7 Å². The van der Waals surface area contributed by atoms with E-state index in [1.54, 1.807) is 13.8 Å². The van der Waals surface area contributed by atoms with Gasteiger partial charge in [0, 0.05) is 12.1 Å². The predicted molar refractivity (Wildman–Crippen MR) is 72.4 cm³/mol. The number of rotatable bonds is 5. The number of aliphatic carboxylic acids is 1. The van der Waals surface area contributed by atoms with Gasteiger partial charge in [0.1, 0.15) is 5.82 Å². The van der Waals surface area contributed by atoms with Gasteiger partial charge < -0.3 is 10.4 Å². The second-order valence-corrected chi connectivity index (χ2v) is 5.38. The lowest BCUT2D eigenvalue weighted by molar-refractivity contribution is -0.142. The van der Waals surface area contributed by atoms with Crippen LogP contribution >= 0.6 is 15.9 Å². The lowest BCUT2D eigenvalue weighted by Gasteiger charge is -2.16. The van der Waals surface area contributed by atoms with E-state index in [9.17, 15) is 14.0 Å². The van der Waals surface area contributed by atoms with E-state index in [0.29, 0.717) is 0 Å². The Balaban J connectivity index is 2.69. The number of hydrogen-bond donors (Lipinski definition) is 2. The summed E-state index contributed by atoms with van der Waals surface area (Å²) in [6, 6.07) is 4.00. The minimum Gasteiger partial charge on any atom is -0.481 e. The van der Waals surface area contributed by atoms with Crippen molar-refractivity contribution >= 4 is 27.8 Å². The molecule has 0 saturated heterocycles. The number of benzene rings is 1. The van der Waals surface area contributed by atoms with Crippen LogP contribution in [0.3, 0.4) is 0 Å². The molecule has 104 valence electrons. The average molecular weight is 332 g/mol. The van der Waals surface area contributed by atoms with Crippen LogP contribution in [0.2, 0.25) is 0 Å². The molecule has 2 N–H and O–H groups in total. The smallest absolute Gasteiger partial charge is 0.308 e. The Morgan fingerprint density at radius 2 is 2.05 bits per heavy atom. The first-order valence-corrected chi connectivity index (χ1v) is 6.58. The summed E-state index contributed by atoms with van der Waals surface area (Å²) in [4.78, 5) is 22.7. The number of nitrogens with one attached hydrogen (secondary N) is 1. The van der Waals surface area contributed by atoms with Crippen molar-refractivity contribution in [1.82, 2.24) is 5.32 Å². The molecule has 1 amide bonds. The second-order valence-electron chi connectivity index (χ2n) is 4.53. The Morgan fingerprint density at radius 3 is 2.53 bits per heavy atom. The molecule has 0 heterocycles. The maximum Gasteiger partial charge on any atom is 0.308 e. The van der Waals surface area contributed by atoms with Crippen LogP contribution in [-0.2, 0) is 4.79 Å². The van der Waals surface area contributed by atoms with Crippen LogP contribution in [0, 0.1) is 17.7 Å². The lowest BCUT2D eigenvalue weighted by atomic mass is 9.96.